The first-order valence-corrected chi connectivity index (χ1v) is 12.4. The fraction of sp³-hybridized carbons (Fsp3) is 0.545. The van der Waals surface area contributed by atoms with E-state index in [4.69, 9.17) is 4.74 Å². The summed E-state index contributed by atoms with van der Waals surface area (Å²) >= 11 is 2.98. The lowest BCUT2D eigenvalue weighted by Gasteiger charge is -2.18. The van der Waals surface area contributed by atoms with Crippen LogP contribution in [0.3, 0.4) is 0 Å². The minimum atomic E-state index is -0.336. The SMILES string of the molecule is CCOC(=O)c1c(NC(=O)CSc2nc(C)nc3c2CCC3)sc2c1CC[C@H](C)C2. The highest BCUT2D eigenvalue weighted by Crippen LogP contribution is 2.40. The first-order valence-electron chi connectivity index (χ1n) is 10.6. The van der Waals surface area contributed by atoms with E-state index in [1.807, 2.05) is 6.92 Å². The van der Waals surface area contributed by atoms with Gasteiger partial charge in [0, 0.05) is 16.1 Å². The summed E-state index contributed by atoms with van der Waals surface area (Å²) in [5.41, 5.74) is 3.92. The number of hydrogen-bond acceptors (Lipinski definition) is 7. The van der Waals surface area contributed by atoms with Crippen molar-refractivity contribution in [2.45, 2.75) is 64.3 Å². The second-order valence-electron chi connectivity index (χ2n) is 7.97. The van der Waals surface area contributed by atoms with Crippen molar-refractivity contribution in [2.75, 3.05) is 17.7 Å². The molecule has 1 N–H and O–H groups in total. The molecule has 0 fully saturated rings. The van der Waals surface area contributed by atoms with Gasteiger partial charge in [-0.15, -0.1) is 11.3 Å². The third-order valence-electron chi connectivity index (χ3n) is 5.59. The quantitative estimate of drug-likeness (QED) is 0.404. The minimum absolute atomic E-state index is 0.125. The van der Waals surface area contributed by atoms with Crippen LogP contribution in [0.2, 0.25) is 0 Å². The molecule has 0 radical (unpaired) electrons. The maximum atomic E-state index is 12.8. The van der Waals surface area contributed by atoms with E-state index in [1.54, 1.807) is 6.92 Å². The Morgan fingerprint density at radius 3 is 2.87 bits per heavy atom. The minimum Gasteiger partial charge on any atom is -0.462 e. The molecule has 2 aromatic heterocycles. The standard InChI is InChI=1S/C22H27N3O3S2/c1-4-28-22(27)19-15-9-8-12(2)10-17(15)30-21(19)25-18(26)11-29-20-14-6-5-7-16(14)23-13(3)24-20/h12H,4-11H2,1-3H3,(H,25,26)/t12-/m0/s1. The summed E-state index contributed by atoms with van der Waals surface area (Å²) in [4.78, 5) is 35.7. The van der Waals surface area contributed by atoms with Crippen molar-refractivity contribution >= 4 is 40.0 Å². The van der Waals surface area contributed by atoms with Crippen LogP contribution in [0, 0.1) is 12.8 Å². The Kier molecular flexibility index (Phi) is 6.43. The van der Waals surface area contributed by atoms with Crippen molar-refractivity contribution in [2.24, 2.45) is 5.92 Å². The van der Waals surface area contributed by atoms with Gasteiger partial charge in [0.15, 0.2) is 0 Å². The molecule has 8 heteroatoms. The molecule has 0 saturated heterocycles. The third kappa shape index (κ3) is 4.39. The van der Waals surface area contributed by atoms with E-state index < -0.39 is 0 Å². The second-order valence-corrected chi connectivity index (χ2v) is 10.0. The largest absolute Gasteiger partial charge is 0.462 e. The van der Waals surface area contributed by atoms with E-state index in [2.05, 4.69) is 22.2 Å². The molecule has 0 aromatic carbocycles. The van der Waals surface area contributed by atoms with Crippen molar-refractivity contribution in [3.05, 3.63) is 33.1 Å². The van der Waals surface area contributed by atoms with Crippen LogP contribution in [0.1, 0.15) is 64.6 Å². The van der Waals surface area contributed by atoms with Crippen molar-refractivity contribution in [3.8, 4) is 0 Å². The summed E-state index contributed by atoms with van der Waals surface area (Å²) in [5, 5.41) is 4.53. The summed E-state index contributed by atoms with van der Waals surface area (Å²) in [6.07, 6.45) is 5.91. The summed E-state index contributed by atoms with van der Waals surface area (Å²) in [5.74, 6) is 1.14. The molecule has 0 aliphatic heterocycles. The topological polar surface area (TPSA) is 81.2 Å². The lowest BCUT2D eigenvalue weighted by molar-refractivity contribution is -0.113. The molecule has 0 saturated carbocycles. The molecule has 2 aromatic rings. The van der Waals surface area contributed by atoms with Gasteiger partial charge >= 0.3 is 5.97 Å². The van der Waals surface area contributed by atoms with Crippen molar-refractivity contribution in [1.82, 2.24) is 9.97 Å². The molecule has 0 bridgehead atoms. The number of rotatable bonds is 6. The van der Waals surface area contributed by atoms with Gasteiger partial charge in [0.1, 0.15) is 15.9 Å². The average molecular weight is 446 g/mol. The average Bonchev–Trinajstić information content (AvgIpc) is 3.29. The Hall–Kier alpha value is -1.93. The maximum absolute atomic E-state index is 12.8. The van der Waals surface area contributed by atoms with Crippen LogP contribution in [0.15, 0.2) is 5.03 Å². The summed E-state index contributed by atoms with van der Waals surface area (Å²) in [6.45, 7) is 6.24. The fourth-order valence-electron chi connectivity index (χ4n) is 4.19. The number of anilines is 1. The molecule has 0 unspecified atom stereocenters. The molecule has 2 heterocycles. The van der Waals surface area contributed by atoms with Crippen LogP contribution in [0.25, 0.3) is 0 Å². The van der Waals surface area contributed by atoms with Gasteiger partial charge < -0.3 is 10.1 Å². The lowest BCUT2D eigenvalue weighted by atomic mass is 9.88. The van der Waals surface area contributed by atoms with Gasteiger partial charge in [0.25, 0.3) is 0 Å². The molecule has 4 rings (SSSR count). The van der Waals surface area contributed by atoms with Gasteiger partial charge in [-0.1, -0.05) is 18.7 Å². The zero-order valence-corrected chi connectivity index (χ0v) is 19.3. The Morgan fingerprint density at radius 1 is 1.23 bits per heavy atom. The lowest BCUT2D eigenvalue weighted by Crippen LogP contribution is -2.18. The number of esters is 1. The Balaban J connectivity index is 1.50. The van der Waals surface area contributed by atoms with Gasteiger partial charge in [-0.25, -0.2) is 14.8 Å². The number of fused-ring (bicyclic) bond motifs is 2. The Bertz CT molecular complexity index is 986. The Morgan fingerprint density at radius 2 is 2.07 bits per heavy atom. The summed E-state index contributed by atoms with van der Waals surface area (Å²) in [6, 6.07) is 0. The normalized spacial score (nSPS) is 17.4. The van der Waals surface area contributed by atoms with E-state index in [9.17, 15) is 9.59 Å². The molecular weight excluding hydrogens is 418 g/mol. The summed E-state index contributed by atoms with van der Waals surface area (Å²) in [7, 11) is 0. The zero-order chi connectivity index (χ0) is 21.3. The van der Waals surface area contributed by atoms with Crippen molar-refractivity contribution < 1.29 is 14.3 Å². The number of hydrogen-bond donors (Lipinski definition) is 1. The maximum Gasteiger partial charge on any atom is 0.341 e. The van der Waals surface area contributed by atoms with Gasteiger partial charge in [-0.05, 0) is 63.9 Å². The van der Waals surface area contributed by atoms with E-state index in [0.29, 0.717) is 23.1 Å². The molecule has 1 atom stereocenters. The summed E-state index contributed by atoms with van der Waals surface area (Å²) < 4.78 is 5.29. The molecule has 160 valence electrons. The number of thiophene rings is 1. The van der Waals surface area contributed by atoms with Crippen LogP contribution < -0.4 is 5.32 Å². The van der Waals surface area contributed by atoms with Crippen molar-refractivity contribution in [3.63, 3.8) is 0 Å². The molecular formula is C22H27N3O3S2. The third-order valence-corrected chi connectivity index (χ3v) is 7.78. The number of nitrogens with zero attached hydrogens (tertiary/aromatic N) is 2. The zero-order valence-electron chi connectivity index (χ0n) is 17.7. The van der Waals surface area contributed by atoms with E-state index in [1.165, 1.54) is 33.5 Å². The van der Waals surface area contributed by atoms with E-state index >= 15 is 0 Å². The number of nitrogens with one attached hydrogen (secondary N) is 1. The van der Waals surface area contributed by atoms with Gasteiger partial charge in [-0.2, -0.15) is 0 Å². The highest BCUT2D eigenvalue weighted by atomic mass is 32.2. The van der Waals surface area contributed by atoms with Crippen molar-refractivity contribution in [1.29, 1.82) is 0 Å². The van der Waals surface area contributed by atoms with E-state index in [0.717, 1.165) is 60.6 Å². The number of carbonyl (C=O) groups excluding carboxylic acids is 2. The second kappa shape index (κ2) is 9.06. The van der Waals surface area contributed by atoms with Crippen LogP contribution in [0.4, 0.5) is 5.00 Å². The predicted octanol–water partition coefficient (Wildman–Crippen LogP) is 4.37. The van der Waals surface area contributed by atoms with Crippen LogP contribution in [-0.4, -0.2) is 34.2 Å². The van der Waals surface area contributed by atoms with E-state index in [-0.39, 0.29) is 17.6 Å². The fourth-order valence-corrected chi connectivity index (χ4v) is 6.54. The molecule has 2 aliphatic rings. The van der Waals surface area contributed by atoms with Gasteiger partial charge in [-0.3, -0.25) is 4.79 Å². The molecule has 2 aliphatic carbocycles. The molecule has 30 heavy (non-hydrogen) atoms. The number of amides is 1. The number of carbonyl (C=O) groups is 2. The van der Waals surface area contributed by atoms with Crippen LogP contribution >= 0.6 is 23.1 Å². The molecule has 1 amide bonds. The van der Waals surface area contributed by atoms with Gasteiger partial charge in [0.2, 0.25) is 5.91 Å². The first-order chi connectivity index (χ1) is 14.5. The smallest absolute Gasteiger partial charge is 0.341 e. The Labute approximate surface area is 185 Å². The molecule has 6 nitrogen and oxygen atoms in total. The first kappa shape index (κ1) is 21.3. The highest BCUT2D eigenvalue weighted by molar-refractivity contribution is 8.00. The van der Waals surface area contributed by atoms with Crippen LogP contribution in [-0.2, 0) is 35.2 Å². The van der Waals surface area contributed by atoms with Crippen LogP contribution in [0.5, 0.6) is 0 Å². The molecule has 0 spiro atoms. The number of aromatic nitrogens is 2. The number of ether oxygens (including phenoxy) is 1. The number of thioether (sulfide) groups is 1. The predicted molar refractivity (Wildman–Crippen MR) is 120 cm³/mol. The number of aryl methyl sites for hydroxylation is 2. The highest BCUT2D eigenvalue weighted by Gasteiger charge is 2.29. The van der Waals surface area contributed by atoms with Gasteiger partial charge in [0.05, 0.1) is 17.9 Å². The monoisotopic (exact) mass is 445 g/mol.